The molecule has 0 fully saturated rings. The summed E-state index contributed by atoms with van der Waals surface area (Å²) >= 11 is 0. The van der Waals surface area contributed by atoms with Gasteiger partial charge in [-0.3, -0.25) is 57.5 Å². The number of aromatic nitrogens is 16. The predicted molar refractivity (Wildman–Crippen MR) is 489 cm³/mol. The van der Waals surface area contributed by atoms with Crippen LogP contribution in [0.2, 0.25) is 0 Å². The highest BCUT2D eigenvalue weighted by Crippen LogP contribution is 2.53. The molecular weight excluding hydrogens is 1520 g/mol. The van der Waals surface area contributed by atoms with E-state index in [9.17, 15) is 0 Å². The number of nitrogens with zero attached hydrogens (tertiary/aromatic N) is 16. The second-order valence-corrected chi connectivity index (χ2v) is 34.1. The normalized spacial score (nSPS) is 13.5. The second kappa shape index (κ2) is 24.7. The Hall–Kier alpha value is -16.2. The van der Waals surface area contributed by atoms with E-state index in [0.717, 1.165) is 184 Å². The summed E-state index contributed by atoms with van der Waals surface area (Å²) in [5, 5.41) is 6.41. The van der Waals surface area contributed by atoms with Crippen LogP contribution in [0.1, 0.15) is 89.5 Å². The van der Waals surface area contributed by atoms with Crippen molar-refractivity contribution in [3.63, 3.8) is 0 Å². The van der Waals surface area contributed by atoms with E-state index in [2.05, 4.69) is 221 Å². The Kier molecular flexibility index (Phi) is 13.3. The van der Waals surface area contributed by atoms with Gasteiger partial charge in [0.05, 0.1) is 84.2 Å². The second-order valence-electron chi connectivity index (χ2n) is 34.1. The number of imidazole rings is 4. The van der Waals surface area contributed by atoms with Crippen molar-refractivity contribution >= 4 is 110 Å². The molecule has 0 bridgehead atoms. The smallest absolute Gasteiger partial charge is 0.164 e. The van der Waals surface area contributed by atoms with E-state index >= 15 is 0 Å². The predicted octanol–water partition coefficient (Wildman–Crippen LogP) is 22.3. The first-order chi connectivity index (χ1) is 61.5. The summed E-state index contributed by atoms with van der Waals surface area (Å²) in [6.07, 6.45) is 26.2. The zero-order chi connectivity index (χ0) is 80.4. The fourth-order valence-corrected chi connectivity index (χ4v) is 22.4. The molecule has 8 aromatic carbocycles. The topological polar surface area (TPSA) is 172 Å². The number of hydrogen-bond donors (Lipinski definition) is 0. The summed E-state index contributed by atoms with van der Waals surface area (Å²) in [7, 11) is 0. The molecule has 0 N–H and O–H groups in total. The quantitative estimate of drug-likeness (QED) is 0.132. The van der Waals surface area contributed by atoms with E-state index < -0.39 is 0 Å². The summed E-state index contributed by atoms with van der Waals surface area (Å²) in [6.45, 7) is 0. The molecule has 0 amide bonds. The van der Waals surface area contributed by atoms with Crippen molar-refractivity contribution in [1.29, 1.82) is 0 Å². The minimum absolute atomic E-state index is 0.867. The Balaban J connectivity index is 0.0000000828. The first-order valence-corrected chi connectivity index (χ1v) is 42.5. The van der Waals surface area contributed by atoms with Crippen molar-refractivity contribution in [2.45, 2.75) is 51.4 Å². The monoisotopic (exact) mass is 1580 g/mol. The van der Waals surface area contributed by atoms with Gasteiger partial charge in [-0.25, -0.2) is 19.9 Å². The van der Waals surface area contributed by atoms with Gasteiger partial charge in [-0.15, -0.1) is 0 Å². The Morgan fingerprint density at radius 3 is 0.927 bits per heavy atom. The molecule has 16 heteroatoms. The number of benzene rings is 8. The zero-order valence-corrected chi connectivity index (χ0v) is 66.5. The molecule has 24 aromatic rings. The minimum Gasteiger partial charge on any atom is -0.290 e. The Morgan fingerprint density at radius 1 is 0.185 bits per heavy atom. The summed E-state index contributed by atoms with van der Waals surface area (Å²) in [5.41, 5.74) is 56.3. The molecule has 576 valence electrons. The Bertz CT molecular complexity index is 8010. The van der Waals surface area contributed by atoms with Crippen LogP contribution in [0, 0.1) is 0 Å². The van der Waals surface area contributed by atoms with Crippen molar-refractivity contribution in [3.05, 3.63) is 382 Å². The van der Waals surface area contributed by atoms with Gasteiger partial charge in [0.1, 0.15) is 33.5 Å². The lowest BCUT2D eigenvalue weighted by atomic mass is 9.99. The van der Waals surface area contributed by atoms with Gasteiger partial charge in [-0.2, -0.15) is 0 Å². The highest BCUT2D eigenvalue weighted by Gasteiger charge is 2.37. The molecule has 0 saturated carbocycles. The molecule has 8 aliphatic carbocycles. The van der Waals surface area contributed by atoms with Crippen LogP contribution in [0.15, 0.2) is 292 Å². The minimum atomic E-state index is 0.867. The van der Waals surface area contributed by atoms with E-state index in [4.69, 9.17) is 44.9 Å². The summed E-state index contributed by atoms with van der Waals surface area (Å²) < 4.78 is 9.21. The maximum Gasteiger partial charge on any atom is 0.164 e. The van der Waals surface area contributed by atoms with Crippen LogP contribution in [0.3, 0.4) is 0 Å². The molecule has 16 aromatic heterocycles. The van der Waals surface area contributed by atoms with Crippen LogP contribution in [-0.4, -0.2) is 77.4 Å². The average Bonchev–Trinajstić information content (AvgIpc) is 1.55. The van der Waals surface area contributed by atoms with Gasteiger partial charge in [0.2, 0.25) is 0 Å². The van der Waals surface area contributed by atoms with Crippen LogP contribution in [0.25, 0.3) is 200 Å². The highest BCUT2D eigenvalue weighted by atomic mass is 15.1. The lowest BCUT2D eigenvalue weighted by Crippen LogP contribution is -1.97. The fourth-order valence-electron chi connectivity index (χ4n) is 22.4. The summed E-state index contributed by atoms with van der Waals surface area (Å²) in [6, 6.07) is 83.1. The lowest BCUT2D eigenvalue weighted by Gasteiger charge is -2.11. The van der Waals surface area contributed by atoms with Crippen LogP contribution in [0.5, 0.6) is 0 Å². The third-order valence-corrected chi connectivity index (χ3v) is 27.6. The van der Waals surface area contributed by atoms with Gasteiger partial charge in [0, 0.05) is 142 Å². The van der Waals surface area contributed by atoms with Crippen LogP contribution >= 0.6 is 0 Å². The molecule has 0 spiro atoms. The van der Waals surface area contributed by atoms with E-state index in [1.54, 1.807) is 0 Å². The van der Waals surface area contributed by atoms with Crippen molar-refractivity contribution < 1.29 is 0 Å². The number of rotatable bonds is 0. The molecule has 0 aliphatic heterocycles. The highest BCUT2D eigenvalue weighted by molar-refractivity contribution is 6.14. The largest absolute Gasteiger partial charge is 0.290 e. The molecule has 16 heterocycles. The van der Waals surface area contributed by atoms with Gasteiger partial charge in [-0.1, -0.05) is 121 Å². The molecule has 0 atom stereocenters. The third kappa shape index (κ3) is 9.18. The Labute approximate surface area is 706 Å². The molecule has 124 heavy (non-hydrogen) atoms. The van der Waals surface area contributed by atoms with Gasteiger partial charge >= 0.3 is 0 Å². The molecule has 16 nitrogen and oxygen atoms in total. The Morgan fingerprint density at radius 2 is 0.492 bits per heavy atom. The van der Waals surface area contributed by atoms with Crippen molar-refractivity contribution in [2.75, 3.05) is 0 Å². The van der Waals surface area contributed by atoms with Crippen LogP contribution in [-0.2, 0) is 51.4 Å². The molecule has 0 radical (unpaired) electrons. The number of pyridine rings is 12. The van der Waals surface area contributed by atoms with Gasteiger partial charge in [-0.05, 0) is 246 Å². The molecule has 0 unspecified atom stereocenters. The van der Waals surface area contributed by atoms with E-state index in [0.29, 0.717) is 0 Å². The standard InChI is InChI=1S/4C27H16N4/c1-2-6-18-15(5-1)11-16-12-17-13-22-26(21(17)14-20(16)18)31-23-8-4-10-29-25(23)24-19(27(31)30-22)7-3-9-28-24;1-2-6-18-15(5-1)11-16-12-17-13-22-26(21(17)14-20(16)18)31-23-8-4-10-28-24(23)19-7-3-9-29-25(19)27(31)30-22;1-2-5-18-15(4-1)10-16-11-17-12-23-26(21(17)13-20(16)18)31-24-6-3-8-29-25(24)22-14-28-9-7-19(22)27(31)30-23;1-2-5-18-15(4-1)10-16-11-17-12-23-26(21(17)13-20(16)18)31-24-6-3-8-29-25(24)19-7-9-28-14-22(19)27(31)30-23/h2*1-10,12,14H,11,13H2;2*1-9,11,13-14H,10,12H2. The third-order valence-electron chi connectivity index (χ3n) is 27.6. The average molecular weight is 1590 g/mol. The molecule has 32 rings (SSSR count). The first kappa shape index (κ1) is 66.7. The van der Waals surface area contributed by atoms with Crippen molar-refractivity contribution in [2.24, 2.45) is 0 Å². The maximum atomic E-state index is 5.14. The number of hydrogen-bond acceptors (Lipinski definition) is 12. The molecule has 0 saturated heterocycles. The fraction of sp³-hybridized carbons (Fsp3) is 0.0741. The van der Waals surface area contributed by atoms with E-state index in [1.807, 2.05) is 104 Å². The van der Waals surface area contributed by atoms with Crippen LogP contribution < -0.4 is 0 Å². The van der Waals surface area contributed by atoms with Gasteiger partial charge < -0.3 is 0 Å². The van der Waals surface area contributed by atoms with Crippen LogP contribution in [0.4, 0.5) is 0 Å². The number of fused-ring (bicyclic) bond motifs is 52. The van der Waals surface area contributed by atoms with Crippen molar-refractivity contribution in [3.8, 4) is 89.5 Å². The van der Waals surface area contributed by atoms with Gasteiger partial charge in [0.15, 0.2) is 5.65 Å². The SMILES string of the molecule is c1ccc2c(c1)Cc1cc3c(cc1-2)-c1c(nc2c4cccnc4c4ncccc4n12)C3.c1ccc2c(c1)Cc1cc3c(cc1-2)-c1c(nc2c4ccncc4c4ncccc4n12)C3.c1ccc2c(c1)Cc1cc3c(cc1-2)-c1c(nc2c4cnccc4c4ncccc4n12)C3.c1ccc2c(c1)Cc1cc3c(cc1-2)-c1c(nc2c4ncccc4c4ncccc4n12)C3. The van der Waals surface area contributed by atoms with Crippen molar-refractivity contribution in [1.82, 2.24) is 77.4 Å². The van der Waals surface area contributed by atoms with E-state index in [-0.39, 0.29) is 0 Å². The van der Waals surface area contributed by atoms with E-state index in [1.165, 1.54) is 156 Å². The molecule has 8 aliphatic rings. The maximum absolute atomic E-state index is 5.14. The summed E-state index contributed by atoms with van der Waals surface area (Å²) in [4.78, 5) is 57.4. The summed E-state index contributed by atoms with van der Waals surface area (Å²) in [5.74, 6) is 0. The van der Waals surface area contributed by atoms with Gasteiger partial charge in [0.25, 0.3) is 0 Å². The first-order valence-electron chi connectivity index (χ1n) is 42.5. The zero-order valence-electron chi connectivity index (χ0n) is 66.5. The molecular formula is C108H64N16. The lowest BCUT2D eigenvalue weighted by molar-refractivity contribution is 1.15.